The number of carbonyl (C=O) groups is 1. The van der Waals surface area contributed by atoms with Crippen LogP contribution in [0.5, 0.6) is 0 Å². The Morgan fingerprint density at radius 2 is 2.24 bits per heavy atom. The van der Waals surface area contributed by atoms with E-state index in [1.165, 1.54) is 0 Å². The van der Waals surface area contributed by atoms with Crippen LogP contribution in [-0.2, 0) is 11.3 Å². The molecule has 0 amide bonds. The molecule has 0 aliphatic rings. The standard InChI is InChI=1S/C13H16N2O2/c1-3-15(9-13(16)17)8-12-5-4-11(7-14)6-10(12)2/h4-6H,3,8-9H2,1-2H3,(H,16,17). The zero-order valence-electron chi connectivity index (χ0n) is 10.1. The predicted molar refractivity (Wildman–Crippen MR) is 64.5 cm³/mol. The van der Waals surface area contributed by atoms with E-state index in [0.717, 1.165) is 11.1 Å². The van der Waals surface area contributed by atoms with Crippen molar-refractivity contribution in [2.24, 2.45) is 0 Å². The average molecular weight is 232 g/mol. The first-order chi connectivity index (χ1) is 8.06. The van der Waals surface area contributed by atoms with Crippen LogP contribution in [0.1, 0.15) is 23.6 Å². The topological polar surface area (TPSA) is 64.3 Å². The molecule has 90 valence electrons. The van der Waals surface area contributed by atoms with E-state index < -0.39 is 5.97 Å². The number of benzene rings is 1. The third-order valence-electron chi connectivity index (χ3n) is 2.67. The van der Waals surface area contributed by atoms with E-state index in [1.54, 1.807) is 6.07 Å². The molecule has 4 nitrogen and oxygen atoms in total. The van der Waals surface area contributed by atoms with Crippen LogP contribution in [0, 0.1) is 18.3 Å². The van der Waals surface area contributed by atoms with Crippen molar-refractivity contribution in [3.05, 3.63) is 34.9 Å². The monoisotopic (exact) mass is 232 g/mol. The third-order valence-corrected chi connectivity index (χ3v) is 2.67. The van der Waals surface area contributed by atoms with Crippen molar-refractivity contribution >= 4 is 5.97 Å². The molecule has 0 spiro atoms. The number of hydrogen-bond acceptors (Lipinski definition) is 3. The smallest absolute Gasteiger partial charge is 0.317 e. The molecule has 0 heterocycles. The molecule has 0 saturated carbocycles. The number of carboxylic acid groups (broad SMARTS) is 1. The summed E-state index contributed by atoms with van der Waals surface area (Å²) >= 11 is 0. The minimum Gasteiger partial charge on any atom is -0.480 e. The van der Waals surface area contributed by atoms with Gasteiger partial charge >= 0.3 is 5.97 Å². The molecule has 1 N–H and O–H groups in total. The van der Waals surface area contributed by atoms with Crippen LogP contribution in [-0.4, -0.2) is 29.1 Å². The van der Waals surface area contributed by atoms with Crippen molar-refractivity contribution in [3.63, 3.8) is 0 Å². The normalized spacial score (nSPS) is 10.2. The minimum absolute atomic E-state index is 0.0376. The number of rotatable bonds is 5. The summed E-state index contributed by atoms with van der Waals surface area (Å²) in [7, 11) is 0. The molecule has 17 heavy (non-hydrogen) atoms. The van der Waals surface area contributed by atoms with Crippen molar-refractivity contribution in [2.75, 3.05) is 13.1 Å². The molecule has 0 fully saturated rings. The summed E-state index contributed by atoms with van der Waals surface area (Å²) in [5.74, 6) is -0.821. The molecule has 0 saturated heterocycles. The van der Waals surface area contributed by atoms with Crippen molar-refractivity contribution in [3.8, 4) is 6.07 Å². The van der Waals surface area contributed by atoms with Crippen molar-refractivity contribution in [2.45, 2.75) is 20.4 Å². The Hall–Kier alpha value is -1.86. The van der Waals surface area contributed by atoms with Gasteiger partial charge in [0.25, 0.3) is 0 Å². The number of aliphatic carboxylic acids is 1. The van der Waals surface area contributed by atoms with E-state index >= 15 is 0 Å². The van der Waals surface area contributed by atoms with Crippen molar-refractivity contribution in [1.82, 2.24) is 4.90 Å². The SMILES string of the molecule is CCN(CC(=O)O)Cc1ccc(C#N)cc1C. The number of likely N-dealkylation sites (N-methyl/N-ethyl adjacent to an activating group) is 1. The number of aryl methyl sites for hydroxylation is 1. The van der Waals surface area contributed by atoms with Gasteiger partial charge in [0.1, 0.15) is 0 Å². The van der Waals surface area contributed by atoms with Crippen LogP contribution in [0.2, 0.25) is 0 Å². The van der Waals surface area contributed by atoms with Crippen LogP contribution in [0.15, 0.2) is 18.2 Å². The molecule has 0 bridgehead atoms. The molecule has 1 aromatic rings. The van der Waals surface area contributed by atoms with E-state index in [0.29, 0.717) is 18.7 Å². The van der Waals surface area contributed by atoms with Gasteiger partial charge < -0.3 is 5.11 Å². The predicted octanol–water partition coefficient (Wildman–Crippen LogP) is 1.77. The highest BCUT2D eigenvalue weighted by molar-refractivity contribution is 5.69. The second-order valence-corrected chi connectivity index (χ2v) is 3.95. The first-order valence-corrected chi connectivity index (χ1v) is 5.50. The molecular weight excluding hydrogens is 216 g/mol. The van der Waals surface area contributed by atoms with E-state index in [4.69, 9.17) is 10.4 Å². The summed E-state index contributed by atoms with van der Waals surface area (Å²) in [5.41, 5.74) is 2.72. The molecule has 0 atom stereocenters. The van der Waals surface area contributed by atoms with Crippen molar-refractivity contribution in [1.29, 1.82) is 5.26 Å². The molecule has 0 unspecified atom stereocenters. The van der Waals surface area contributed by atoms with Gasteiger partial charge in [0.05, 0.1) is 18.2 Å². The van der Waals surface area contributed by atoms with E-state index in [2.05, 4.69) is 6.07 Å². The zero-order valence-corrected chi connectivity index (χ0v) is 10.1. The van der Waals surface area contributed by atoms with Crippen LogP contribution in [0.25, 0.3) is 0 Å². The molecule has 1 aromatic carbocycles. The highest BCUT2D eigenvalue weighted by atomic mass is 16.4. The van der Waals surface area contributed by atoms with E-state index in [-0.39, 0.29) is 6.54 Å². The highest BCUT2D eigenvalue weighted by Gasteiger charge is 2.09. The van der Waals surface area contributed by atoms with Crippen LogP contribution >= 0.6 is 0 Å². The fourth-order valence-corrected chi connectivity index (χ4v) is 1.65. The number of hydrogen-bond donors (Lipinski definition) is 1. The Bertz CT molecular complexity index is 449. The summed E-state index contributed by atoms with van der Waals surface area (Å²) in [4.78, 5) is 12.5. The van der Waals surface area contributed by atoms with Gasteiger partial charge in [-0.25, -0.2) is 0 Å². The lowest BCUT2D eigenvalue weighted by molar-refractivity contribution is -0.138. The maximum atomic E-state index is 10.7. The van der Waals surface area contributed by atoms with Crippen LogP contribution in [0.3, 0.4) is 0 Å². The molecule has 0 aliphatic heterocycles. The number of nitrogens with zero attached hydrogens (tertiary/aromatic N) is 2. The van der Waals surface area contributed by atoms with Gasteiger partial charge in [-0.3, -0.25) is 9.69 Å². The van der Waals surface area contributed by atoms with E-state index in [1.807, 2.05) is 30.9 Å². The second kappa shape index (κ2) is 6.02. The molecule has 1 rings (SSSR count). The fraction of sp³-hybridized carbons (Fsp3) is 0.385. The van der Waals surface area contributed by atoms with Gasteiger partial charge in [0, 0.05) is 6.54 Å². The van der Waals surface area contributed by atoms with Gasteiger partial charge in [-0.15, -0.1) is 0 Å². The summed E-state index contributed by atoms with van der Waals surface area (Å²) in [6.07, 6.45) is 0. The minimum atomic E-state index is -0.821. The molecule has 0 aromatic heterocycles. The molecule has 0 aliphatic carbocycles. The lowest BCUT2D eigenvalue weighted by atomic mass is 10.1. The molecule has 4 heteroatoms. The Labute approximate surface area is 101 Å². The summed E-state index contributed by atoms with van der Waals surface area (Å²) < 4.78 is 0. The lowest BCUT2D eigenvalue weighted by Gasteiger charge is -2.19. The number of nitriles is 1. The van der Waals surface area contributed by atoms with E-state index in [9.17, 15) is 4.79 Å². The first kappa shape index (κ1) is 13.2. The van der Waals surface area contributed by atoms with Crippen LogP contribution in [0.4, 0.5) is 0 Å². The van der Waals surface area contributed by atoms with Gasteiger partial charge in [-0.2, -0.15) is 5.26 Å². The average Bonchev–Trinajstić information content (AvgIpc) is 2.29. The Balaban J connectivity index is 2.80. The van der Waals surface area contributed by atoms with Crippen molar-refractivity contribution < 1.29 is 9.90 Å². The summed E-state index contributed by atoms with van der Waals surface area (Å²) in [6, 6.07) is 7.56. The first-order valence-electron chi connectivity index (χ1n) is 5.50. The Morgan fingerprint density at radius 1 is 1.53 bits per heavy atom. The number of carboxylic acids is 1. The maximum Gasteiger partial charge on any atom is 0.317 e. The Kier molecular flexibility index (Phi) is 4.68. The highest BCUT2D eigenvalue weighted by Crippen LogP contribution is 2.13. The quantitative estimate of drug-likeness (QED) is 0.840. The van der Waals surface area contributed by atoms with Gasteiger partial charge in [0.15, 0.2) is 0 Å². The second-order valence-electron chi connectivity index (χ2n) is 3.95. The van der Waals surface area contributed by atoms with Gasteiger partial charge in [-0.1, -0.05) is 13.0 Å². The lowest BCUT2D eigenvalue weighted by Crippen LogP contribution is -2.29. The summed E-state index contributed by atoms with van der Waals surface area (Å²) in [5, 5.41) is 17.5. The third kappa shape index (κ3) is 3.89. The molecular formula is C13H16N2O2. The van der Waals surface area contributed by atoms with Gasteiger partial charge in [-0.05, 0) is 36.7 Å². The fourth-order valence-electron chi connectivity index (χ4n) is 1.65. The largest absolute Gasteiger partial charge is 0.480 e. The van der Waals surface area contributed by atoms with Crippen LogP contribution < -0.4 is 0 Å². The Morgan fingerprint density at radius 3 is 2.71 bits per heavy atom. The summed E-state index contributed by atoms with van der Waals surface area (Å²) in [6.45, 7) is 5.19. The zero-order chi connectivity index (χ0) is 12.8. The molecule has 0 radical (unpaired) electrons. The maximum absolute atomic E-state index is 10.7. The van der Waals surface area contributed by atoms with Gasteiger partial charge in [0.2, 0.25) is 0 Å².